The fraction of sp³-hybridized carbons (Fsp3) is 0.550. The fourth-order valence-corrected chi connectivity index (χ4v) is 5.74. The normalized spacial score (nSPS) is 42.4. The van der Waals surface area contributed by atoms with E-state index < -0.39 is 17.6 Å². The number of allylic oxidation sites excluding steroid dienone is 1. The van der Waals surface area contributed by atoms with E-state index in [2.05, 4.69) is 11.4 Å². The SMILES string of the molecule is C/C=C1/CN[C@H]2C[C@@]3(C(=O)N(OC)c4ccccc43)[C@@H]3OC[C@H]2[C@H]1C3O. The first kappa shape index (κ1) is 16.4. The van der Waals surface area contributed by atoms with Gasteiger partial charge in [0.1, 0.15) is 11.5 Å². The quantitative estimate of drug-likeness (QED) is 0.739. The molecule has 0 radical (unpaired) electrons. The molecule has 138 valence electrons. The second kappa shape index (κ2) is 5.63. The smallest absolute Gasteiger partial charge is 0.264 e. The molecule has 4 aliphatic heterocycles. The topological polar surface area (TPSA) is 71.0 Å². The van der Waals surface area contributed by atoms with Crippen LogP contribution >= 0.6 is 0 Å². The van der Waals surface area contributed by atoms with E-state index in [-0.39, 0.29) is 23.8 Å². The molecule has 4 fully saturated rings. The van der Waals surface area contributed by atoms with Gasteiger partial charge in [-0.15, -0.1) is 0 Å². The summed E-state index contributed by atoms with van der Waals surface area (Å²) in [5.74, 6) is 0.0837. The van der Waals surface area contributed by atoms with E-state index >= 15 is 0 Å². The molecule has 6 heteroatoms. The number of para-hydroxylation sites is 1. The predicted molar refractivity (Wildman–Crippen MR) is 95.5 cm³/mol. The average Bonchev–Trinajstić information content (AvgIpc) is 2.77. The minimum Gasteiger partial charge on any atom is -0.390 e. The van der Waals surface area contributed by atoms with Crippen LogP contribution in [0, 0.1) is 11.8 Å². The van der Waals surface area contributed by atoms with Crippen LogP contribution in [-0.4, -0.2) is 49.5 Å². The van der Waals surface area contributed by atoms with Gasteiger partial charge in [0.2, 0.25) is 0 Å². The average molecular weight is 356 g/mol. The Morgan fingerprint density at radius 1 is 1.42 bits per heavy atom. The third kappa shape index (κ3) is 1.83. The Hall–Kier alpha value is -1.73. The van der Waals surface area contributed by atoms with Gasteiger partial charge in [0.25, 0.3) is 5.91 Å². The number of fused-ring (bicyclic) bond motifs is 2. The Morgan fingerprint density at radius 3 is 3.00 bits per heavy atom. The molecular weight excluding hydrogens is 332 g/mol. The van der Waals surface area contributed by atoms with Gasteiger partial charge in [0.05, 0.1) is 25.5 Å². The summed E-state index contributed by atoms with van der Waals surface area (Å²) in [6.07, 6.45) is 1.43. The first-order valence-electron chi connectivity index (χ1n) is 9.29. The van der Waals surface area contributed by atoms with Crippen LogP contribution in [0.15, 0.2) is 35.9 Å². The standard InChI is InChI=1S/C20H24N2O4/c1-3-11-9-21-14-8-20(18-17(23)16(11)12(14)10-26-18)13-6-4-5-7-15(13)22(25-2)19(20)24/h3-7,12,14,16-18,21,23H,8-10H2,1-2H3/b11-3-/t12-,14+,16+,17?,18-,20+/m1/s1. The highest BCUT2D eigenvalue weighted by molar-refractivity contribution is 6.07. The van der Waals surface area contributed by atoms with Gasteiger partial charge in [-0.25, -0.2) is 0 Å². The highest BCUT2D eigenvalue weighted by atomic mass is 16.7. The van der Waals surface area contributed by atoms with Gasteiger partial charge in [-0.1, -0.05) is 29.8 Å². The number of rotatable bonds is 1. The van der Waals surface area contributed by atoms with Gasteiger partial charge < -0.3 is 15.2 Å². The summed E-state index contributed by atoms with van der Waals surface area (Å²) < 4.78 is 6.18. The lowest BCUT2D eigenvalue weighted by Gasteiger charge is -2.45. The van der Waals surface area contributed by atoms with Crippen LogP contribution in [0.3, 0.4) is 0 Å². The summed E-state index contributed by atoms with van der Waals surface area (Å²) in [5.41, 5.74) is 1.94. The van der Waals surface area contributed by atoms with Crippen LogP contribution < -0.4 is 10.4 Å². The summed E-state index contributed by atoms with van der Waals surface area (Å²) in [4.78, 5) is 19.0. The Kier molecular flexibility index (Phi) is 3.56. The summed E-state index contributed by atoms with van der Waals surface area (Å²) in [6.45, 7) is 3.33. The molecule has 6 nitrogen and oxygen atoms in total. The molecule has 0 aromatic heterocycles. The number of anilines is 1. The molecule has 1 unspecified atom stereocenters. The van der Waals surface area contributed by atoms with Gasteiger partial charge in [0, 0.05) is 24.4 Å². The molecule has 1 spiro atoms. The van der Waals surface area contributed by atoms with Crippen LogP contribution in [0.2, 0.25) is 0 Å². The number of hydrogen-bond acceptors (Lipinski definition) is 5. The number of nitrogens with zero attached hydrogens (tertiary/aromatic N) is 1. The Morgan fingerprint density at radius 2 is 2.23 bits per heavy atom. The maximum Gasteiger partial charge on any atom is 0.264 e. The van der Waals surface area contributed by atoms with Crippen molar-refractivity contribution in [3.63, 3.8) is 0 Å². The molecule has 3 saturated heterocycles. The molecule has 1 amide bonds. The Labute approximate surface area is 152 Å². The summed E-state index contributed by atoms with van der Waals surface area (Å²) in [6, 6.07) is 7.83. The number of amides is 1. The molecule has 4 bridgehead atoms. The maximum atomic E-state index is 13.6. The van der Waals surface area contributed by atoms with Crippen molar-refractivity contribution in [2.24, 2.45) is 11.8 Å². The van der Waals surface area contributed by atoms with Gasteiger partial charge in [-0.3, -0.25) is 9.63 Å². The van der Waals surface area contributed by atoms with Gasteiger partial charge in [-0.2, -0.15) is 5.06 Å². The monoisotopic (exact) mass is 356 g/mol. The van der Waals surface area contributed by atoms with E-state index in [9.17, 15) is 9.90 Å². The third-order valence-corrected chi connectivity index (χ3v) is 6.87. The van der Waals surface area contributed by atoms with Crippen LogP contribution in [0.25, 0.3) is 0 Å². The van der Waals surface area contributed by atoms with E-state index in [0.717, 1.165) is 17.8 Å². The van der Waals surface area contributed by atoms with E-state index in [1.165, 1.54) is 17.7 Å². The van der Waals surface area contributed by atoms with Crippen molar-refractivity contribution in [3.05, 3.63) is 41.5 Å². The van der Waals surface area contributed by atoms with Crippen molar-refractivity contribution >= 4 is 11.6 Å². The molecule has 2 N–H and O–H groups in total. The van der Waals surface area contributed by atoms with Gasteiger partial charge >= 0.3 is 0 Å². The second-order valence-electron chi connectivity index (χ2n) is 7.76. The number of carbonyl (C=O) groups excluding carboxylic acids is 1. The molecule has 1 aromatic carbocycles. The summed E-state index contributed by atoms with van der Waals surface area (Å²) in [5, 5.41) is 16.3. The number of hydroxylamine groups is 1. The molecular formula is C20H24N2O4. The van der Waals surface area contributed by atoms with Crippen molar-refractivity contribution in [1.29, 1.82) is 0 Å². The third-order valence-electron chi connectivity index (χ3n) is 6.87. The maximum absolute atomic E-state index is 13.6. The zero-order valence-electron chi connectivity index (χ0n) is 15.0. The molecule has 6 rings (SSSR count). The highest BCUT2D eigenvalue weighted by Gasteiger charge is 2.66. The lowest BCUT2D eigenvalue weighted by molar-refractivity contribution is -0.157. The van der Waals surface area contributed by atoms with Crippen molar-refractivity contribution in [1.82, 2.24) is 5.32 Å². The molecule has 5 aliphatic rings. The van der Waals surface area contributed by atoms with E-state index in [1.807, 2.05) is 31.2 Å². The number of nitrogens with one attached hydrogen (secondary N) is 1. The molecule has 4 heterocycles. The number of aliphatic hydroxyl groups is 1. The van der Waals surface area contributed by atoms with Crippen molar-refractivity contribution in [3.8, 4) is 0 Å². The molecule has 26 heavy (non-hydrogen) atoms. The number of aliphatic hydroxyl groups excluding tert-OH is 1. The van der Waals surface area contributed by atoms with Crippen LogP contribution in [-0.2, 0) is 19.8 Å². The second-order valence-corrected chi connectivity index (χ2v) is 7.76. The van der Waals surface area contributed by atoms with Crippen LogP contribution in [0.1, 0.15) is 18.9 Å². The predicted octanol–water partition coefficient (Wildman–Crippen LogP) is 1.15. The lowest BCUT2D eigenvalue weighted by Crippen LogP contribution is -2.58. The molecule has 1 aromatic rings. The Balaban J connectivity index is 1.72. The number of ether oxygens (including phenoxy) is 1. The van der Waals surface area contributed by atoms with Crippen molar-refractivity contribution in [2.45, 2.75) is 37.0 Å². The summed E-state index contributed by atoms with van der Waals surface area (Å²) >= 11 is 0. The zero-order valence-corrected chi connectivity index (χ0v) is 15.0. The molecule has 1 saturated carbocycles. The van der Waals surface area contributed by atoms with Gasteiger partial charge in [-0.05, 0) is 25.0 Å². The van der Waals surface area contributed by atoms with Gasteiger partial charge in [0.15, 0.2) is 0 Å². The van der Waals surface area contributed by atoms with E-state index in [1.54, 1.807) is 0 Å². The number of carbonyl (C=O) groups is 1. The lowest BCUT2D eigenvalue weighted by atomic mass is 9.71. The van der Waals surface area contributed by atoms with Crippen molar-refractivity contribution in [2.75, 3.05) is 25.3 Å². The highest BCUT2D eigenvalue weighted by Crippen LogP contribution is 2.55. The summed E-state index contributed by atoms with van der Waals surface area (Å²) in [7, 11) is 1.51. The minimum absolute atomic E-state index is 0.0425. The Bertz CT molecular complexity index is 794. The minimum atomic E-state index is -0.920. The van der Waals surface area contributed by atoms with Crippen LogP contribution in [0.4, 0.5) is 5.69 Å². The van der Waals surface area contributed by atoms with E-state index in [0.29, 0.717) is 13.0 Å². The fourth-order valence-electron chi connectivity index (χ4n) is 5.74. The number of piperidine rings is 1. The number of benzene rings is 1. The zero-order chi connectivity index (χ0) is 18.1. The first-order chi connectivity index (χ1) is 12.6. The van der Waals surface area contributed by atoms with E-state index in [4.69, 9.17) is 9.57 Å². The van der Waals surface area contributed by atoms with Crippen molar-refractivity contribution < 1.29 is 19.5 Å². The van der Waals surface area contributed by atoms with Crippen LogP contribution in [0.5, 0.6) is 0 Å². The number of hydrogen-bond donors (Lipinski definition) is 2. The molecule has 1 aliphatic carbocycles. The molecule has 6 atom stereocenters. The first-order valence-corrected chi connectivity index (χ1v) is 9.29. The largest absolute Gasteiger partial charge is 0.390 e.